The van der Waals surface area contributed by atoms with Gasteiger partial charge in [0.25, 0.3) is 0 Å². The molecule has 0 bridgehead atoms. The van der Waals surface area contributed by atoms with Crippen LogP contribution in [-0.2, 0) is 6.42 Å². The van der Waals surface area contributed by atoms with E-state index in [0.29, 0.717) is 5.92 Å². The second-order valence-corrected chi connectivity index (χ2v) is 4.84. The van der Waals surface area contributed by atoms with E-state index in [1.807, 2.05) is 26.1 Å². The third kappa shape index (κ3) is 2.83. The molecule has 90 valence electrons. The molecule has 1 N–H and O–H groups in total. The molecule has 0 saturated carbocycles. The topological polar surface area (TPSA) is 33.1 Å². The zero-order valence-corrected chi connectivity index (χ0v) is 10.4. The Morgan fingerprint density at radius 2 is 1.94 bits per heavy atom. The fraction of sp³-hybridized carbons (Fsp3) is 0.400. The van der Waals surface area contributed by atoms with Gasteiger partial charge in [-0.15, -0.1) is 0 Å². The maximum Gasteiger partial charge on any atom is 0.0733 e. The van der Waals surface area contributed by atoms with E-state index in [-0.39, 0.29) is 6.10 Å². The van der Waals surface area contributed by atoms with Gasteiger partial charge in [0.15, 0.2) is 0 Å². The molecule has 2 nitrogen and oxygen atoms in total. The second kappa shape index (κ2) is 5.28. The highest BCUT2D eigenvalue weighted by atomic mass is 16.3. The fourth-order valence-electron chi connectivity index (χ4n) is 2.01. The summed E-state index contributed by atoms with van der Waals surface area (Å²) in [6, 6.07) is 10.3. The molecule has 2 heteroatoms. The van der Waals surface area contributed by atoms with Crippen molar-refractivity contribution in [3.05, 3.63) is 42.1 Å². The predicted molar refractivity (Wildman–Crippen MR) is 70.9 cm³/mol. The van der Waals surface area contributed by atoms with E-state index >= 15 is 0 Å². The molecular formula is C15H19NO. The van der Waals surface area contributed by atoms with Crippen molar-refractivity contribution in [3.8, 4) is 0 Å². The largest absolute Gasteiger partial charge is 0.393 e. The van der Waals surface area contributed by atoms with Crippen LogP contribution >= 0.6 is 0 Å². The van der Waals surface area contributed by atoms with Crippen LogP contribution < -0.4 is 0 Å². The molecule has 0 radical (unpaired) electrons. The lowest BCUT2D eigenvalue weighted by molar-refractivity contribution is 0.116. The summed E-state index contributed by atoms with van der Waals surface area (Å²) in [7, 11) is 0. The highest BCUT2D eigenvalue weighted by Crippen LogP contribution is 2.19. The van der Waals surface area contributed by atoms with E-state index in [9.17, 15) is 5.11 Å². The lowest BCUT2D eigenvalue weighted by Crippen LogP contribution is -2.15. The normalized spacial score (nSPS) is 13.2. The molecule has 1 heterocycles. The molecule has 1 atom stereocenters. The summed E-state index contributed by atoms with van der Waals surface area (Å²) in [5, 5.41) is 11.0. The molecule has 17 heavy (non-hydrogen) atoms. The zero-order valence-electron chi connectivity index (χ0n) is 10.4. The summed E-state index contributed by atoms with van der Waals surface area (Å²) in [4.78, 5) is 4.42. The van der Waals surface area contributed by atoms with Gasteiger partial charge in [-0.25, -0.2) is 0 Å². The number of aliphatic hydroxyl groups excluding tert-OH is 1. The van der Waals surface area contributed by atoms with Gasteiger partial charge in [-0.05, 0) is 30.4 Å². The third-order valence-electron chi connectivity index (χ3n) is 3.20. The van der Waals surface area contributed by atoms with Gasteiger partial charge in [-0.1, -0.05) is 38.1 Å². The van der Waals surface area contributed by atoms with Crippen molar-refractivity contribution in [1.82, 2.24) is 4.98 Å². The summed E-state index contributed by atoms with van der Waals surface area (Å²) < 4.78 is 0. The second-order valence-electron chi connectivity index (χ2n) is 4.84. The van der Waals surface area contributed by atoms with Gasteiger partial charge in [0.1, 0.15) is 0 Å². The molecule has 2 aromatic rings. The maximum atomic E-state index is 9.84. The Kier molecular flexibility index (Phi) is 3.75. The molecule has 1 aromatic carbocycles. The fourth-order valence-corrected chi connectivity index (χ4v) is 2.01. The van der Waals surface area contributed by atoms with Crippen LogP contribution in [0.15, 0.2) is 36.5 Å². The van der Waals surface area contributed by atoms with E-state index in [4.69, 9.17) is 0 Å². The van der Waals surface area contributed by atoms with E-state index in [2.05, 4.69) is 29.2 Å². The predicted octanol–water partition coefficient (Wildman–Crippen LogP) is 3.18. The van der Waals surface area contributed by atoms with Crippen molar-refractivity contribution < 1.29 is 5.11 Å². The monoisotopic (exact) mass is 229 g/mol. The zero-order chi connectivity index (χ0) is 12.3. The number of aliphatic hydroxyl groups is 1. The number of aromatic nitrogens is 1. The van der Waals surface area contributed by atoms with Crippen LogP contribution in [0.1, 0.15) is 25.8 Å². The summed E-state index contributed by atoms with van der Waals surface area (Å²) in [6.07, 6.45) is 3.28. The molecule has 0 spiro atoms. The van der Waals surface area contributed by atoms with E-state index in [1.165, 1.54) is 10.9 Å². The molecule has 0 amide bonds. The molecule has 0 fully saturated rings. The first kappa shape index (κ1) is 12.1. The van der Waals surface area contributed by atoms with Crippen molar-refractivity contribution >= 4 is 10.9 Å². The Labute approximate surface area is 102 Å². The average molecular weight is 229 g/mol. The summed E-state index contributed by atoms with van der Waals surface area (Å²) in [6.45, 7) is 4.10. The van der Waals surface area contributed by atoms with Gasteiger partial charge in [-0.3, -0.25) is 4.98 Å². The number of aryl methyl sites for hydroxylation is 1. The van der Waals surface area contributed by atoms with Crippen LogP contribution in [0.5, 0.6) is 0 Å². The lowest BCUT2D eigenvalue weighted by Gasteiger charge is -2.14. The molecule has 1 unspecified atom stereocenters. The van der Waals surface area contributed by atoms with Gasteiger partial charge in [-0.2, -0.15) is 0 Å². The Hall–Kier alpha value is -1.41. The maximum absolute atomic E-state index is 9.84. The number of rotatable bonds is 4. The van der Waals surface area contributed by atoms with E-state index in [0.717, 1.165) is 18.4 Å². The van der Waals surface area contributed by atoms with Gasteiger partial charge < -0.3 is 5.11 Å². The smallest absolute Gasteiger partial charge is 0.0733 e. The van der Waals surface area contributed by atoms with Crippen LogP contribution in [0, 0.1) is 5.92 Å². The van der Waals surface area contributed by atoms with Gasteiger partial charge >= 0.3 is 0 Å². The SMILES string of the molecule is CC(C)C(O)CCc1cccc2cccnc12. The molecule has 0 aliphatic rings. The van der Waals surface area contributed by atoms with E-state index in [1.54, 1.807) is 0 Å². The molecule has 1 aromatic heterocycles. The quantitative estimate of drug-likeness (QED) is 0.873. The number of pyridine rings is 1. The standard InChI is InChI=1S/C15H19NO/c1-11(2)14(17)9-8-13-6-3-5-12-7-4-10-16-15(12)13/h3-7,10-11,14,17H,8-9H2,1-2H3. The lowest BCUT2D eigenvalue weighted by atomic mass is 9.98. The Bertz CT molecular complexity index is 488. The van der Waals surface area contributed by atoms with Crippen LogP contribution in [0.3, 0.4) is 0 Å². The minimum Gasteiger partial charge on any atom is -0.393 e. The van der Waals surface area contributed by atoms with E-state index < -0.39 is 0 Å². The molecule has 0 saturated heterocycles. The van der Waals surface area contributed by atoms with Crippen molar-refractivity contribution in [2.45, 2.75) is 32.8 Å². The number of nitrogens with zero attached hydrogens (tertiary/aromatic N) is 1. The number of fused-ring (bicyclic) bond motifs is 1. The number of benzene rings is 1. The van der Waals surface area contributed by atoms with Gasteiger partial charge in [0, 0.05) is 11.6 Å². The Morgan fingerprint density at radius 1 is 1.18 bits per heavy atom. The molecule has 2 rings (SSSR count). The number of para-hydroxylation sites is 1. The van der Waals surface area contributed by atoms with Gasteiger partial charge in [0.2, 0.25) is 0 Å². The van der Waals surface area contributed by atoms with Gasteiger partial charge in [0.05, 0.1) is 11.6 Å². The van der Waals surface area contributed by atoms with Crippen molar-refractivity contribution in [1.29, 1.82) is 0 Å². The first-order chi connectivity index (χ1) is 8.18. The highest BCUT2D eigenvalue weighted by Gasteiger charge is 2.10. The summed E-state index contributed by atoms with van der Waals surface area (Å²) in [5.74, 6) is 0.318. The van der Waals surface area contributed by atoms with Crippen LogP contribution in [-0.4, -0.2) is 16.2 Å². The van der Waals surface area contributed by atoms with Crippen LogP contribution in [0.25, 0.3) is 10.9 Å². The van der Waals surface area contributed by atoms with Crippen LogP contribution in [0.2, 0.25) is 0 Å². The minimum absolute atomic E-state index is 0.228. The van der Waals surface area contributed by atoms with Crippen molar-refractivity contribution in [3.63, 3.8) is 0 Å². The first-order valence-electron chi connectivity index (χ1n) is 6.19. The molecular weight excluding hydrogens is 210 g/mol. The Morgan fingerprint density at radius 3 is 2.71 bits per heavy atom. The Balaban J connectivity index is 2.19. The van der Waals surface area contributed by atoms with Crippen LogP contribution in [0.4, 0.5) is 0 Å². The molecule has 0 aliphatic heterocycles. The average Bonchev–Trinajstić information content (AvgIpc) is 2.35. The number of hydrogen-bond acceptors (Lipinski definition) is 2. The molecule has 0 aliphatic carbocycles. The van der Waals surface area contributed by atoms with Crippen molar-refractivity contribution in [2.75, 3.05) is 0 Å². The highest BCUT2D eigenvalue weighted by molar-refractivity contribution is 5.81. The van der Waals surface area contributed by atoms with Crippen molar-refractivity contribution in [2.24, 2.45) is 5.92 Å². The third-order valence-corrected chi connectivity index (χ3v) is 3.20. The summed E-state index contributed by atoms with van der Waals surface area (Å²) in [5.41, 5.74) is 2.29. The first-order valence-corrected chi connectivity index (χ1v) is 6.19. The summed E-state index contributed by atoms with van der Waals surface area (Å²) >= 11 is 0. The minimum atomic E-state index is -0.228. The number of hydrogen-bond donors (Lipinski definition) is 1.